The van der Waals surface area contributed by atoms with Crippen LogP contribution in [0.2, 0.25) is 0 Å². The summed E-state index contributed by atoms with van der Waals surface area (Å²) < 4.78 is 11.9. The lowest BCUT2D eigenvalue weighted by Crippen LogP contribution is -2.60. The molecule has 0 bridgehead atoms. The van der Waals surface area contributed by atoms with E-state index in [1.165, 1.54) is 0 Å². The number of amides is 2. The minimum atomic E-state index is -0.787. The van der Waals surface area contributed by atoms with Gasteiger partial charge in [0.2, 0.25) is 5.91 Å². The standard InChI is InChI=1S/C23H27N3O4/c1-25(2)22(28)19-14-26(12-13-29-17-8-4-3-5-9-17)15-23(19)16-30-20-11-7-6-10-18(20)21(27)24-23/h3-11,19H,12-16H2,1-2H3,(H,24,27)/t19-,23-/m1/s1. The van der Waals surface area contributed by atoms with Crippen LogP contribution in [0.15, 0.2) is 54.6 Å². The molecule has 2 amide bonds. The third-order valence-corrected chi connectivity index (χ3v) is 5.75. The number of hydrogen-bond acceptors (Lipinski definition) is 5. The number of para-hydroxylation sites is 2. The van der Waals surface area contributed by atoms with E-state index in [9.17, 15) is 9.59 Å². The third kappa shape index (κ3) is 3.98. The minimum absolute atomic E-state index is 0.0173. The summed E-state index contributed by atoms with van der Waals surface area (Å²) in [6.07, 6.45) is 0. The summed E-state index contributed by atoms with van der Waals surface area (Å²) in [4.78, 5) is 29.7. The van der Waals surface area contributed by atoms with Crippen molar-refractivity contribution in [3.8, 4) is 11.5 Å². The highest BCUT2D eigenvalue weighted by molar-refractivity contribution is 5.98. The van der Waals surface area contributed by atoms with E-state index >= 15 is 0 Å². The number of ether oxygens (including phenoxy) is 2. The Bertz CT molecular complexity index is 918. The fourth-order valence-corrected chi connectivity index (χ4v) is 4.20. The van der Waals surface area contributed by atoms with E-state index in [0.717, 1.165) is 5.75 Å². The minimum Gasteiger partial charge on any atom is -0.492 e. The van der Waals surface area contributed by atoms with Gasteiger partial charge in [0, 0.05) is 33.7 Å². The molecule has 0 unspecified atom stereocenters. The second-order valence-electron chi connectivity index (χ2n) is 8.08. The Hall–Kier alpha value is -3.06. The highest BCUT2D eigenvalue weighted by atomic mass is 16.5. The average molecular weight is 409 g/mol. The zero-order valence-electron chi connectivity index (χ0n) is 17.3. The summed E-state index contributed by atoms with van der Waals surface area (Å²) >= 11 is 0. The number of nitrogens with one attached hydrogen (secondary N) is 1. The first-order chi connectivity index (χ1) is 14.5. The number of rotatable bonds is 5. The SMILES string of the molecule is CN(C)C(=O)[C@H]1CN(CCOc2ccccc2)C[C@@]12COc1ccccc1C(=O)N2. The maximum Gasteiger partial charge on any atom is 0.255 e. The first kappa shape index (κ1) is 20.2. The Morgan fingerprint density at radius 2 is 1.93 bits per heavy atom. The molecule has 2 aromatic carbocycles. The number of benzene rings is 2. The van der Waals surface area contributed by atoms with Gasteiger partial charge in [-0.2, -0.15) is 0 Å². The first-order valence-electron chi connectivity index (χ1n) is 10.1. The zero-order chi connectivity index (χ0) is 21.1. The molecule has 2 aliphatic heterocycles. The van der Waals surface area contributed by atoms with Gasteiger partial charge in [-0.25, -0.2) is 0 Å². The Morgan fingerprint density at radius 1 is 1.20 bits per heavy atom. The molecule has 2 aromatic rings. The van der Waals surface area contributed by atoms with Crippen LogP contribution in [0, 0.1) is 5.92 Å². The van der Waals surface area contributed by atoms with Gasteiger partial charge in [0.15, 0.2) is 0 Å². The number of likely N-dealkylation sites (tertiary alicyclic amines) is 1. The lowest BCUT2D eigenvalue weighted by Gasteiger charge is -2.34. The maximum absolute atomic E-state index is 13.0. The summed E-state index contributed by atoms with van der Waals surface area (Å²) in [6, 6.07) is 16.8. The molecule has 30 heavy (non-hydrogen) atoms. The summed E-state index contributed by atoms with van der Waals surface area (Å²) in [5, 5.41) is 3.14. The highest BCUT2D eigenvalue weighted by Gasteiger charge is 2.53. The quantitative estimate of drug-likeness (QED) is 0.813. The zero-order valence-corrected chi connectivity index (χ0v) is 17.3. The molecule has 1 spiro atoms. The van der Waals surface area contributed by atoms with Crippen molar-refractivity contribution in [1.29, 1.82) is 0 Å². The molecule has 0 saturated carbocycles. The van der Waals surface area contributed by atoms with E-state index < -0.39 is 11.5 Å². The van der Waals surface area contributed by atoms with E-state index in [2.05, 4.69) is 10.2 Å². The van der Waals surface area contributed by atoms with Gasteiger partial charge in [-0.05, 0) is 24.3 Å². The predicted octanol–water partition coefficient (Wildman–Crippen LogP) is 1.65. The molecule has 4 rings (SSSR count). The molecule has 2 aliphatic rings. The molecule has 7 heteroatoms. The first-order valence-corrected chi connectivity index (χ1v) is 10.1. The van der Waals surface area contributed by atoms with E-state index in [-0.39, 0.29) is 18.4 Å². The fourth-order valence-electron chi connectivity index (χ4n) is 4.20. The van der Waals surface area contributed by atoms with Crippen LogP contribution < -0.4 is 14.8 Å². The van der Waals surface area contributed by atoms with Crippen molar-refractivity contribution in [1.82, 2.24) is 15.1 Å². The maximum atomic E-state index is 13.0. The summed E-state index contributed by atoms with van der Waals surface area (Å²) in [5.74, 6) is 0.739. The average Bonchev–Trinajstić information content (AvgIpc) is 3.03. The van der Waals surface area contributed by atoms with Gasteiger partial charge >= 0.3 is 0 Å². The van der Waals surface area contributed by atoms with Crippen molar-refractivity contribution in [2.45, 2.75) is 5.54 Å². The number of carbonyl (C=O) groups excluding carboxylic acids is 2. The van der Waals surface area contributed by atoms with E-state index in [4.69, 9.17) is 9.47 Å². The highest BCUT2D eigenvalue weighted by Crippen LogP contribution is 2.34. The summed E-state index contributed by atoms with van der Waals surface area (Å²) in [6.45, 7) is 2.45. The van der Waals surface area contributed by atoms with Crippen molar-refractivity contribution < 1.29 is 19.1 Å². The molecule has 0 aliphatic carbocycles. The van der Waals surface area contributed by atoms with Gasteiger partial charge in [-0.1, -0.05) is 30.3 Å². The predicted molar refractivity (Wildman–Crippen MR) is 113 cm³/mol. The molecule has 1 N–H and O–H groups in total. The van der Waals surface area contributed by atoms with Crippen LogP contribution in [0.25, 0.3) is 0 Å². The molecule has 1 saturated heterocycles. The third-order valence-electron chi connectivity index (χ3n) is 5.75. The van der Waals surface area contributed by atoms with Crippen molar-refractivity contribution in [3.05, 3.63) is 60.2 Å². The Kier molecular flexibility index (Phi) is 5.63. The van der Waals surface area contributed by atoms with Crippen LogP contribution in [0.5, 0.6) is 11.5 Å². The van der Waals surface area contributed by atoms with E-state index in [1.54, 1.807) is 31.1 Å². The molecule has 2 heterocycles. The molecule has 158 valence electrons. The van der Waals surface area contributed by atoms with Crippen LogP contribution >= 0.6 is 0 Å². The lowest BCUT2D eigenvalue weighted by atomic mass is 9.86. The van der Waals surface area contributed by atoms with Gasteiger partial charge in [-0.3, -0.25) is 14.5 Å². The molecular formula is C23H27N3O4. The van der Waals surface area contributed by atoms with Crippen LogP contribution in [0.4, 0.5) is 0 Å². The smallest absolute Gasteiger partial charge is 0.255 e. The molecular weight excluding hydrogens is 382 g/mol. The van der Waals surface area contributed by atoms with Crippen LogP contribution in [0.3, 0.4) is 0 Å². The van der Waals surface area contributed by atoms with Gasteiger partial charge in [0.05, 0.1) is 17.0 Å². The molecule has 0 aromatic heterocycles. The molecule has 7 nitrogen and oxygen atoms in total. The van der Waals surface area contributed by atoms with Crippen molar-refractivity contribution >= 4 is 11.8 Å². The van der Waals surface area contributed by atoms with E-state index in [0.29, 0.717) is 37.6 Å². The fraction of sp³-hybridized carbons (Fsp3) is 0.391. The van der Waals surface area contributed by atoms with Crippen LogP contribution in [0.1, 0.15) is 10.4 Å². The van der Waals surface area contributed by atoms with Gasteiger partial charge in [0.1, 0.15) is 24.7 Å². The number of fused-ring (bicyclic) bond motifs is 1. The second-order valence-corrected chi connectivity index (χ2v) is 8.08. The van der Waals surface area contributed by atoms with Crippen LogP contribution in [-0.4, -0.2) is 74.1 Å². The largest absolute Gasteiger partial charge is 0.492 e. The molecule has 1 fully saturated rings. The van der Waals surface area contributed by atoms with E-state index in [1.807, 2.05) is 42.5 Å². The Balaban J connectivity index is 1.51. The van der Waals surface area contributed by atoms with Crippen molar-refractivity contribution in [2.24, 2.45) is 5.92 Å². The summed E-state index contributed by atoms with van der Waals surface area (Å²) in [5.41, 5.74) is -0.291. The monoisotopic (exact) mass is 409 g/mol. The van der Waals surface area contributed by atoms with Gasteiger partial charge in [-0.15, -0.1) is 0 Å². The Labute approximate surface area is 176 Å². The van der Waals surface area contributed by atoms with Crippen LogP contribution in [-0.2, 0) is 4.79 Å². The number of carbonyl (C=O) groups is 2. The van der Waals surface area contributed by atoms with Crippen molar-refractivity contribution in [3.63, 3.8) is 0 Å². The van der Waals surface area contributed by atoms with Gasteiger partial charge < -0.3 is 19.7 Å². The molecule has 2 atom stereocenters. The van der Waals surface area contributed by atoms with Gasteiger partial charge in [0.25, 0.3) is 5.91 Å². The normalized spacial score (nSPS) is 23.3. The second kappa shape index (κ2) is 8.36. The number of nitrogens with zero attached hydrogens (tertiary/aromatic N) is 2. The topological polar surface area (TPSA) is 71.1 Å². The van der Waals surface area contributed by atoms with Crippen molar-refractivity contribution in [2.75, 3.05) is 46.9 Å². The Morgan fingerprint density at radius 3 is 2.70 bits per heavy atom. The lowest BCUT2D eigenvalue weighted by molar-refractivity contribution is -0.134. The number of hydrogen-bond donors (Lipinski definition) is 1. The molecule has 0 radical (unpaired) electrons. The summed E-state index contributed by atoms with van der Waals surface area (Å²) in [7, 11) is 3.48.